The minimum Gasteiger partial charge on any atom is -0.472 e. The maximum absolute atomic E-state index is 13.6. The summed E-state index contributed by atoms with van der Waals surface area (Å²) in [7, 11) is 0. The number of fused-ring (bicyclic) bond motifs is 8. The minimum absolute atomic E-state index is 0.000758. The van der Waals surface area contributed by atoms with E-state index in [-0.39, 0.29) is 78.0 Å². The molecule has 16 heterocycles. The van der Waals surface area contributed by atoms with Gasteiger partial charge in [0.15, 0.2) is 11.6 Å². The Bertz CT molecular complexity index is 5500. The number of likely N-dealkylation sites (tertiary alicyclic amines) is 4. The Labute approximate surface area is 695 Å². The average Bonchev–Trinajstić information content (AvgIpc) is 1.64. The molecule has 12 aromatic rings. The predicted molar refractivity (Wildman–Crippen MR) is 446 cm³/mol. The monoisotopic (exact) mass is 1610 g/mol. The first-order valence-electron chi connectivity index (χ1n) is 41.0. The number of nitrogens with zero attached hydrogens (tertiary/aromatic N) is 17. The number of rotatable bonds is 16. The molecular weight excluding hydrogens is 1510 g/mol. The summed E-state index contributed by atoms with van der Waals surface area (Å²) < 4.78 is 37.9. The number of halogens is 1. The zero-order chi connectivity index (χ0) is 82.7. The third-order valence-corrected chi connectivity index (χ3v) is 23.8. The van der Waals surface area contributed by atoms with Crippen molar-refractivity contribution in [3.05, 3.63) is 281 Å². The van der Waals surface area contributed by atoms with Crippen LogP contribution in [0, 0.1) is 78.0 Å². The van der Waals surface area contributed by atoms with Gasteiger partial charge in [0.25, 0.3) is 23.6 Å². The molecule has 0 spiro atoms. The average molecular weight is 1610 g/mol. The number of aryl methyl sites for hydroxylation is 7. The molecule has 0 aromatic carbocycles. The fourth-order valence-corrected chi connectivity index (χ4v) is 18.1. The molecule has 25 nitrogen and oxygen atoms in total. The van der Waals surface area contributed by atoms with E-state index in [1.807, 2.05) is 208 Å². The highest BCUT2D eigenvalue weighted by molar-refractivity contribution is 6.02. The van der Waals surface area contributed by atoms with Gasteiger partial charge >= 0.3 is 0 Å². The van der Waals surface area contributed by atoms with Crippen molar-refractivity contribution in [3.63, 3.8) is 0 Å². The second-order valence-electron chi connectivity index (χ2n) is 32.6. The van der Waals surface area contributed by atoms with E-state index >= 15 is 0 Å². The molecule has 8 aliphatic rings. The van der Waals surface area contributed by atoms with Crippen LogP contribution in [0.2, 0.25) is 0 Å². The number of piperidine rings is 4. The summed E-state index contributed by atoms with van der Waals surface area (Å²) in [6.07, 6.45) is 25.3. The highest BCUT2D eigenvalue weighted by Crippen LogP contribution is 2.46. The van der Waals surface area contributed by atoms with Crippen molar-refractivity contribution < 1.29 is 42.5 Å². The van der Waals surface area contributed by atoms with E-state index in [0.717, 1.165) is 145 Å². The van der Waals surface area contributed by atoms with Gasteiger partial charge in [-0.15, -0.1) is 0 Å². The molecule has 12 aromatic heterocycles. The second-order valence-corrected chi connectivity index (χ2v) is 32.6. The third kappa shape index (κ3) is 17.4. The lowest BCUT2D eigenvalue weighted by atomic mass is 10.0. The van der Waals surface area contributed by atoms with Gasteiger partial charge in [0.05, 0.1) is 64.8 Å². The van der Waals surface area contributed by atoms with Gasteiger partial charge in [0.1, 0.15) is 47.2 Å². The summed E-state index contributed by atoms with van der Waals surface area (Å²) in [4.78, 5) is 119. The van der Waals surface area contributed by atoms with Crippen molar-refractivity contribution in [1.82, 2.24) is 84.4 Å². The van der Waals surface area contributed by atoms with Gasteiger partial charge in [-0.1, -0.05) is 42.5 Å². The smallest absolute Gasteiger partial charge is 0.273 e. The quantitative estimate of drug-likeness (QED) is 0.0868. The third-order valence-electron chi connectivity index (χ3n) is 23.8. The molecule has 8 bridgehead atoms. The van der Waals surface area contributed by atoms with Gasteiger partial charge in [0, 0.05) is 129 Å². The summed E-state index contributed by atoms with van der Waals surface area (Å²) in [5.41, 5.74) is 13.7. The van der Waals surface area contributed by atoms with Crippen molar-refractivity contribution >= 4 is 23.6 Å². The van der Waals surface area contributed by atoms with E-state index in [2.05, 4.69) is 64.8 Å². The Hall–Kier alpha value is -13.3. The molecule has 20 rings (SSSR count). The summed E-state index contributed by atoms with van der Waals surface area (Å²) >= 11 is 0. The number of hydrogen-bond donors (Lipinski definition) is 0. The van der Waals surface area contributed by atoms with Crippen LogP contribution in [0.1, 0.15) is 132 Å². The van der Waals surface area contributed by atoms with Crippen molar-refractivity contribution in [1.29, 1.82) is 0 Å². The maximum atomic E-state index is 13.6. The molecule has 4 aliphatic heterocycles. The molecule has 0 N–H and O–H groups in total. The topological polar surface area (TPSA) is 286 Å². The molecule has 120 heavy (non-hydrogen) atoms. The predicted octanol–water partition coefficient (Wildman–Crippen LogP) is 14.6. The fraction of sp³-hybridized carbons (Fsp3) is 0.330. The maximum Gasteiger partial charge on any atom is 0.273 e. The van der Waals surface area contributed by atoms with E-state index in [0.29, 0.717) is 93.3 Å². The van der Waals surface area contributed by atoms with Gasteiger partial charge in [-0.2, -0.15) is 0 Å². The van der Waals surface area contributed by atoms with Gasteiger partial charge in [-0.05, 0) is 230 Å². The Morgan fingerprint density at radius 2 is 0.708 bits per heavy atom. The molecule has 26 heteroatoms. The number of carbonyl (C=O) groups is 4. The summed E-state index contributed by atoms with van der Waals surface area (Å²) in [5, 5.41) is 0. The molecule has 4 saturated carbocycles. The molecule has 12 atom stereocenters. The van der Waals surface area contributed by atoms with Crippen molar-refractivity contribution in [3.8, 4) is 68.9 Å². The van der Waals surface area contributed by atoms with E-state index in [1.54, 1.807) is 61.7 Å². The Morgan fingerprint density at radius 1 is 0.325 bits per heavy atom. The largest absolute Gasteiger partial charge is 0.472 e. The lowest BCUT2D eigenvalue weighted by Crippen LogP contribution is -2.47. The van der Waals surface area contributed by atoms with Crippen LogP contribution in [-0.2, 0) is 0 Å². The van der Waals surface area contributed by atoms with E-state index in [1.165, 1.54) is 0 Å². The first kappa shape index (κ1) is 79.2. The standard InChI is InChI=1S/3C24H24N4O2.C22H20FN5O2/c1-15-6-9-22(26-13-15)30-21-12-17-11-20(21)28(14-17)24(29)18-8-7-16(2)27-23(18)19-5-3-4-10-25-19;1-15-6-9-22(26-13-15)30-21-12-17-11-20(21)28(14-17)24(29)23-18(8-7-16(2)27-23)19-5-3-4-10-25-19;1-15-6-7-22(26-12-15)30-21-11-17-10-20(21)28(14-17)24(29)23-18(9-16(2)13-27-23)19-5-3-4-8-25-19;1-13-4-5-19(25-9-13)30-18-8-14-7-17(18)28(12-14)22(29)16-3-2-6-24-20(16)21-26-10-15(23)11-27-21/h2*3-10,13,17,20-21H,11-12,14H2,1-2H3;3-9,12-13,17,20-21H,10-11,14H2,1-2H3;2-6,9-11,14,17-18H,7-8,12H2,1H3. The number of hydrogen-bond acceptors (Lipinski definition) is 21. The Balaban J connectivity index is 0.000000114. The van der Waals surface area contributed by atoms with Crippen LogP contribution in [0.15, 0.2) is 214 Å². The molecule has 8 fully saturated rings. The lowest BCUT2D eigenvalue weighted by molar-refractivity contribution is 0.0459. The molecule has 12 unspecified atom stereocenters. The van der Waals surface area contributed by atoms with Crippen molar-refractivity contribution in [2.45, 2.75) is 148 Å². The summed E-state index contributed by atoms with van der Waals surface area (Å²) in [6, 6.07) is 45.7. The highest BCUT2D eigenvalue weighted by Gasteiger charge is 2.53. The first-order valence-corrected chi connectivity index (χ1v) is 41.0. The van der Waals surface area contributed by atoms with E-state index in [9.17, 15) is 23.6 Å². The summed E-state index contributed by atoms with van der Waals surface area (Å²) in [5.74, 6) is 3.67. The zero-order valence-electron chi connectivity index (χ0n) is 67.9. The number of pyridine rings is 11. The van der Waals surface area contributed by atoms with E-state index < -0.39 is 5.82 Å². The Morgan fingerprint density at radius 3 is 1.12 bits per heavy atom. The van der Waals surface area contributed by atoms with Crippen molar-refractivity contribution in [2.24, 2.45) is 23.7 Å². The molecular formula is C94H92FN17O8. The van der Waals surface area contributed by atoms with Crippen LogP contribution in [0.25, 0.3) is 45.4 Å². The molecule has 4 amide bonds. The fourth-order valence-electron chi connectivity index (χ4n) is 18.1. The van der Waals surface area contributed by atoms with Crippen molar-refractivity contribution in [2.75, 3.05) is 26.2 Å². The zero-order valence-corrected chi connectivity index (χ0v) is 67.9. The lowest BCUT2D eigenvalue weighted by Gasteiger charge is -2.33. The molecule has 4 saturated heterocycles. The second kappa shape index (κ2) is 34.7. The van der Waals surface area contributed by atoms with Crippen LogP contribution in [0.5, 0.6) is 23.5 Å². The molecule has 4 aliphatic carbocycles. The summed E-state index contributed by atoms with van der Waals surface area (Å²) in [6.45, 7) is 16.7. The molecule has 0 radical (unpaired) electrons. The van der Waals surface area contributed by atoms with Crippen LogP contribution in [0.4, 0.5) is 4.39 Å². The number of aromatic nitrogens is 13. The molecule has 608 valence electrons. The van der Waals surface area contributed by atoms with Crippen LogP contribution in [-0.4, -0.2) is 183 Å². The van der Waals surface area contributed by atoms with Crippen LogP contribution in [0.3, 0.4) is 0 Å². The SMILES string of the molecule is Cc1ccc(OC2CC3CC2N(C(=O)c2ccc(C)nc2-c2ccccn2)C3)nc1.Cc1ccc(OC2CC3CC2N(C(=O)c2cccnc2-c2ncc(F)cn2)C3)nc1.Cc1ccc(OC2CC3CC2N(C(=O)c2nc(C)ccc2-c2ccccn2)C3)nc1.Cc1ccc(OC2CC3CC2N(C(=O)c2ncc(C)cc2-c2ccccn2)C3)nc1. The Kier molecular flexibility index (Phi) is 22.9. The first-order chi connectivity index (χ1) is 58.3. The van der Waals surface area contributed by atoms with Gasteiger partial charge in [-0.3, -0.25) is 49.1 Å². The van der Waals surface area contributed by atoms with Crippen LogP contribution >= 0.6 is 0 Å². The minimum atomic E-state index is -0.538. The normalized spacial score (nSPS) is 22.3. The van der Waals surface area contributed by atoms with Crippen LogP contribution < -0.4 is 18.9 Å². The number of ether oxygens (including phenoxy) is 4. The number of amides is 4. The van der Waals surface area contributed by atoms with E-state index in [4.69, 9.17) is 18.9 Å². The van der Waals surface area contributed by atoms with Gasteiger partial charge < -0.3 is 38.5 Å². The van der Waals surface area contributed by atoms with Gasteiger partial charge in [0.2, 0.25) is 23.5 Å². The highest BCUT2D eigenvalue weighted by atomic mass is 19.1. The van der Waals surface area contributed by atoms with Gasteiger partial charge in [-0.25, -0.2) is 39.3 Å². The number of carbonyl (C=O) groups excluding carboxylic acids is 4.